The number of rotatable bonds is 3. The van der Waals surface area contributed by atoms with Gasteiger partial charge in [0.15, 0.2) is 11.5 Å². The van der Waals surface area contributed by atoms with Gasteiger partial charge < -0.3 is 52.3 Å². The lowest BCUT2D eigenvalue weighted by atomic mass is 9.90. The van der Waals surface area contributed by atoms with Crippen molar-refractivity contribution >= 4 is 27.2 Å². The summed E-state index contributed by atoms with van der Waals surface area (Å²) in [4.78, 5) is 2.41. The summed E-state index contributed by atoms with van der Waals surface area (Å²) in [5.41, 5.74) is 3.57. The molecule has 6 rings (SSSR count). The number of benzene rings is 4. The van der Waals surface area contributed by atoms with Crippen LogP contribution < -0.4 is 14.4 Å². The molecule has 282 valence electrons. The Labute approximate surface area is 306 Å². The van der Waals surface area contributed by atoms with Crippen molar-refractivity contribution in [2.75, 3.05) is 137 Å². The van der Waals surface area contributed by atoms with Crippen LogP contribution in [0.5, 0.6) is 11.5 Å². The third-order valence-electron chi connectivity index (χ3n) is 8.93. The lowest BCUT2D eigenvalue weighted by Gasteiger charge is -2.29. The summed E-state index contributed by atoms with van der Waals surface area (Å²) in [6.45, 7) is 10.7. The van der Waals surface area contributed by atoms with Crippen molar-refractivity contribution in [2.45, 2.75) is 6.42 Å². The van der Waals surface area contributed by atoms with Crippen LogP contribution in [0.4, 0.5) is 5.69 Å². The van der Waals surface area contributed by atoms with Crippen LogP contribution in [0.25, 0.3) is 21.5 Å². The molecular weight excluding hydrogens is 666 g/mol. The Balaban J connectivity index is 1.27. The highest BCUT2D eigenvalue weighted by molar-refractivity contribution is 6.14. The first-order valence-corrected chi connectivity index (χ1v) is 18.6. The van der Waals surface area contributed by atoms with Crippen molar-refractivity contribution in [2.24, 2.45) is 0 Å². The van der Waals surface area contributed by atoms with E-state index in [4.69, 9.17) is 47.4 Å². The van der Waals surface area contributed by atoms with E-state index in [1.165, 1.54) is 32.8 Å². The maximum atomic E-state index is 6.23. The molecule has 0 spiro atoms. The van der Waals surface area contributed by atoms with Crippen molar-refractivity contribution < 1.29 is 47.4 Å². The van der Waals surface area contributed by atoms with Crippen LogP contribution in [0.1, 0.15) is 11.1 Å². The predicted octanol–water partition coefficient (Wildman–Crippen LogP) is 5.31. The molecule has 2 aliphatic heterocycles. The number of hydrogen-bond acceptors (Lipinski definition) is 11. The SMILES string of the molecule is c1ccc2c(N3CCOCCOCCOCCOCCOCC3)c3ccccc3c(Cc3ccc4c(c3)OCCOCCOCCOCCO4)c2c1. The molecule has 0 amide bonds. The van der Waals surface area contributed by atoms with Gasteiger partial charge >= 0.3 is 0 Å². The van der Waals surface area contributed by atoms with Crippen LogP contribution in [0.15, 0.2) is 66.7 Å². The second-order valence-electron chi connectivity index (χ2n) is 12.5. The van der Waals surface area contributed by atoms with E-state index < -0.39 is 0 Å². The summed E-state index contributed by atoms with van der Waals surface area (Å²) in [6, 6.07) is 23.6. The molecule has 0 saturated carbocycles. The molecule has 0 aliphatic carbocycles. The van der Waals surface area contributed by atoms with Crippen molar-refractivity contribution in [1.82, 2.24) is 0 Å². The van der Waals surface area contributed by atoms with Crippen LogP contribution in [0.3, 0.4) is 0 Å². The lowest BCUT2D eigenvalue weighted by molar-refractivity contribution is -0.0116. The summed E-state index contributed by atoms with van der Waals surface area (Å²) in [6.07, 6.45) is 0.714. The van der Waals surface area contributed by atoms with E-state index in [1.54, 1.807) is 0 Å². The Morgan fingerprint density at radius 2 is 0.769 bits per heavy atom. The molecule has 4 aromatic carbocycles. The maximum Gasteiger partial charge on any atom is 0.161 e. The minimum Gasteiger partial charge on any atom is -0.487 e. The summed E-state index contributed by atoms with van der Waals surface area (Å²) in [7, 11) is 0. The fourth-order valence-electron chi connectivity index (χ4n) is 6.46. The largest absolute Gasteiger partial charge is 0.487 e. The van der Waals surface area contributed by atoms with Crippen LogP contribution in [-0.2, 0) is 44.3 Å². The fraction of sp³-hybridized carbons (Fsp3) is 0.512. The zero-order chi connectivity index (χ0) is 35.5. The van der Waals surface area contributed by atoms with Crippen LogP contribution in [-0.4, -0.2) is 132 Å². The molecule has 0 unspecified atom stereocenters. The first-order chi connectivity index (χ1) is 25.9. The zero-order valence-corrected chi connectivity index (χ0v) is 30.2. The highest BCUT2D eigenvalue weighted by Gasteiger charge is 2.20. The van der Waals surface area contributed by atoms with Gasteiger partial charge in [-0.1, -0.05) is 54.6 Å². The summed E-state index contributed by atoms with van der Waals surface area (Å²) < 4.78 is 58.3. The van der Waals surface area contributed by atoms with E-state index in [9.17, 15) is 0 Å². The van der Waals surface area contributed by atoms with Gasteiger partial charge in [-0.25, -0.2) is 0 Å². The van der Waals surface area contributed by atoms with Crippen molar-refractivity contribution in [3.63, 3.8) is 0 Å². The number of fused-ring (bicyclic) bond motifs is 3. The van der Waals surface area contributed by atoms with Gasteiger partial charge in [-0.3, -0.25) is 0 Å². The first-order valence-electron chi connectivity index (χ1n) is 18.6. The molecule has 2 heterocycles. The molecule has 4 aromatic rings. The van der Waals surface area contributed by atoms with E-state index in [2.05, 4.69) is 65.6 Å². The Bertz CT molecular complexity index is 1560. The predicted molar refractivity (Wildman–Crippen MR) is 200 cm³/mol. The van der Waals surface area contributed by atoms with E-state index in [1.807, 2.05) is 6.07 Å². The van der Waals surface area contributed by atoms with Crippen molar-refractivity contribution in [3.05, 3.63) is 77.9 Å². The van der Waals surface area contributed by atoms with Crippen LogP contribution in [0, 0.1) is 0 Å². The van der Waals surface area contributed by atoms with E-state index in [0.717, 1.165) is 5.56 Å². The lowest BCUT2D eigenvalue weighted by Crippen LogP contribution is -2.32. The van der Waals surface area contributed by atoms with Crippen LogP contribution in [0.2, 0.25) is 0 Å². The number of nitrogens with zero attached hydrogens (tertiary/aromatic N) is 1. The smallest absolute Gasteiger partial charge is 0.161 e. The van der Waals surface area contributed by atoms with Gasteiger partial charge in [0, 0.05) is 23.9 Å². The van der Waals surface area contributed by atoms with E-state index >= 15 is 0 Å². The second-order valence-corrected chi connectivity index (χ2v) is 12.5. The van der Waals surface area contributed by atoms with Gasteiger partial charge in [0.05, 0.1) is 111 Å². The molecule has 0 radical (unpaired) electrons. The average Bonchev–Trinajstić information content (AvgIpc) is 3.18. The summed E-state index contributed by atoms with van der Waals surface area (Å²) in [5.74, 6) is 1.39. The zero-order valence-electron chi connectivity index (χ0n) is 30.2. The van der Waals surface area contributed by atoms with Crippen LogP contribution >= 0.6 is 0 Å². The molecule has 0 atom stereocenters. The molecule has 2 aliphatic rings. The Hall–Kier alpha value is -3.52. The van der Waals surface area contributed by atoms with Crippen molar-refractivity contribution in [1.29, 1.82) is 0 Å². The van der Waals surface area contributed by atoms with Gasteiger partial charge in [0.25, 0.3) is 0 Å². The quantitative estimate of drug-likeness (QED) is 0.258. The second kappa shape index (κ2) is 21.9. The standard InChI is InChI=1S/C41H53NO10/c1-3-7-36-34(5-1)38(31-33-9-10-39-40(32-33)52-30-28-50-26-24-48-23-25-49-27-29-51-39)35-6-2-4-8-37(35)41(36)42-11-13-43-15-17-45-19-21-47-22-20-46-18-16-44-14-12-42/h1-10,32H,11-31H2. The monoisotopic (exact) mass is 719 g/mol. The molecule has 1 fully saturated rings. The summed E-state index contributed by atoms with van der Waals surface area (Å²) in [5, 5.41) is 4.81. The highest BCUT2D eigenvalue weighted by atomic mass is 16.6. The molecule has 52 heavy (non-hydrogen) atoms. The van der Waals surface area contributed by atoms with Gasteiger partial charge in [0.2, 0.25) is 0 Å². The van der Waals surface area contributed by atoms with Gasteiger partial charge in [-0.05, 0) is 40.5 Å². The molecule has 0 aromatic heterocycles. The third kappa shape index (κ3) is 11.5. The topological polar surface area (TPSA) is 95.5 Å². The minimum atomic E-state index is 0.412. The van der Waals surface area contributed by atoms with Gasteiger partial charge in [-0.15, -0.1) is 0 Å². The van der Waals surface area contributed by atoms with E-state index in [-0.39, 0.29) is 0 Å². The fourth-order valence-corrected chi connectivity index (χ4v) is 6.46. The Morgan fingerprint density at radius 3 is 1.23 bits per heavy atom. The highest BCUT2D eigenvalue weighted by Crippen LogP contribution is 2.40. The number of hydrogen-bond donors (Lipinski definition) is 0. The molecule has 11 heteroatoms. The molecule has 0 N–H and O–H groups in total. The molecular formula is C41H53NO10. The average molecular weight is 720 g/mol. The number of anilines is 1. The Kier molecular flexibility index (Phi) is 16.1. The molecule has 1 saturated heterocycles. The van der Waals surface area contributed by atoms with Gasteiger partial charge in [0.1, 0.15) is 13.2 Å². The summed E-state index contributed by atoms with van der Waals surface area (Å²) >= 11 is 0. The maximum absolute atomic E-state index is 6.23. The van der Waals surface area contributed by atoms with E-state index in [0.29, 0.717) is 150 Å². The van der Waals surface area contributed by atoms with Crippen molar-refractivity contribution in [3.8, 4) is 11.5 Å². The first kappa shape index (κ1) is 38.2. The molecule has 0 bridgehead atoms. The Morgan fingerprint density at radius 1 is 0.385 bits per heavy atom. The van der Waals surface area contributed by atoms with Gasteiger partial charge in [-0.2, -0.15) is 0 Å². The minimum absolute atomic E-state index is 0.412. The normalized spacial score (nSPS) is 19.3. The molecule has 11 nitrogen and oxygen atoms in total. The third-order valence-corrected chi connectivity index (χ3v) is 8.93. The number of ether oxygens (including phenoxy) is 10.